The highest BCUT2D eigenvalue weighted by atomic mass is 79.9. The number of benzene rings is 3. The Balaban J connectivity index is 1.49. The lowest BCUT2D eigenvalue weighted by Gasteiger charge is -2.09. The number of hydrogen-bond acceptors (Lipinski definition) is 3. The summed E-state index contributed by atoms with van der Waals surface area (Å²) in [5.74, 6) is 0.818. The monoisotopic (exact) mass is 445 g/mol. The summed E-state index contributed by atoms with van der Waals surface area (Å²) in [6.07, 6.45) is 4.10. The quantitative estimate of drug-likeness (QED) is 0.343. The van der Waals surface area contributed by atoms with Crippen molar-refractivity contribution in [3.05, 3.63) is 100 Å². The summed E-state index contributed by atoms with van der Waals surface area (Å²) in [7, 11) is 0. The van der Waals surface area contributed by atoms with Crippen LogP contribution in [0.4, 0.5) is 0 Å². The molecule has 0 saturated heterocycles. The molecular weight excluding hydrogens is 426 g/mol. The van der Waals surface area contributed by atoms with Gasteiger partial charge in [-0.1, -0.05) is 58.4 Å². The van der Waals surface area contributed by atoms with Gasteiger partial charge in [0.1, 0.15) is 12.0 Å². The zero-order valence-electron chi connectivity index (χ0n) is 16.1. The average Bonchev–Trinajstić information content (AvgIpc) is 3.24. The lowest BCUT2D eigenvalue weighted by Crippen LogP contribution is -2.06. The minimum atomic E-state index is 0.206. The summed E-state index contributed by atoms with van der Waals surface area (Å²) in [6, 6.07) is 22.3. The lowest BCUT2D eigenvalue weighted by atomic mass is 9.96. The molecule has 0 aliphatic carbocycles. The Hall–Kier alpha value is -2.98. The van der Waals surface area contributed by atoms with Crippen LogP contribution < -0.4 is 0 Å². The Bertz CT molecular complexity index is 1130. The molecule has 3 nitrogen and oxygen atoms in total. The predicted octanol–water partition coefficient (Wildman–Crippen LogP) is 6.43. The van der Waals surface area contributed by atoms with Gasteiger partial charge in [0, 0.05) is 22.9 Å². The minimum absolute atomic E-state index is 0.206. The zero-order valence-corrected chi connectivity index (χ0v) is 17.6. The van der Waals surface area contributed by atoms with Crippen LogP contribution in [0.5, 0.6) is 0 Å². The molecule has 0 radical (unpaired) electrons. The Kier molecular flexibility index (Phi) is 5.72. The third kappa shape index (κ3) is 4.72. The highest BCUT2D eigenvalue weighted by Crippen LogP contribution is 2.29. The fraction of sp³-hybridized carbons (Fsp3) is 0.120. The first-order valence-electron chi connectivity index (χ1n) is 9.44. The van der Waals surface area contributed by atoms with Crippen LogP contribution in [0.1, 0.15) is 16.7 Å². The van der Waals surface area contributed by atoms with E-state index in [1.807, 2.05) is 42.5 Å². The van der Waals surface area contributed by atoms with E-state index in [0.717, 1.165) is 32.3 Å². The third-order valence-electron chi connectivity index (χ3n) is 4.87. The molecule has 1 heterocycles. The molecule has 0 bridgehead atoms. The fourth-order valence-corrected chi connectivity index (χ4v) is 3.85. The fourth-order valence-electron chi connectivity index (χ4n) is 3.40. The summed E-state index contributed by atoms with van der Waals surface area (Å²) in [6.45, 7) is 2.09. The van der Waals surface area contributed by atoms with E-state index in [-0.39, 0.29) is 5.78 Å². The molecule has 0 spiro atoms. The summed E-state index contributed by atoms with van der Waals surface area (Å²) >= 11 is 3.45. The molecule has 4 aromatic rings. The third-order valence-corrected chi connectivity index (χ3v) is 5.37. The number of rotatable bonds is 6. The molecule has 144 valence electrons. The van der Waals surface area contributed by atoms with Crippen LogP contribution in [0.15, 0.2) is 88.1 Å². The molecule has 0 aliphatic rings. The van der Waals surface area contributed by atoms with Gasteiger partial charge in [0.2, 0.25) is 5.89 Å². The van der Waals surface area contributed by atoms with Crippen molar-refractivity contribution < 1.29 is 9.21 Å². The van der Waals surface area contributed by atoms with Crippen molar-refractivity contribution in [1.82, 2.24) is 4.98 Å². The van der Waals surface area contributed by atoms with Gasteiger partial charge in [0.05, 0.1) is 6.20 Å². The predicted molar refractivity (Wildman–Crippen MR) is 119 cm³/mol. The van der Waals surface area contributed by atoms with E-state index in [1.54, 1.807) is 12.5 Å². The minimum Gasteiger partial charge on any atom is -0.445 e. The van der Waals surface area contributed by atoms with Crippen LogP contribution in [0.3, 0.4) is 0 Å². The zero-order chi connectivity index (χ0) is 20.2. The molecule has 0 N–H and O–H groups in total. The van der Waals surface area contributed by atoms with Crippen LogP contribution in [0.2, 0.25) is 0 Å². The van der Waals surface area contributed by atoms with Gasteiger partial charge in [0.15, 0.2) is 0 Å². The number of carbonyl (C=O) groups excluding carboxylic acids is 1. The van der Waals surface area contributed by atoms with Crippen LogP contribution in [0, 0.1) is 6.92 Å². The van der Waals surface area contributed by atoms with Crippen molar-refractivity contribution in [2.24, 2.45) is 0 Å². The van der Waals surface area contributed by atoms with Gasteiger partial charge in [-0.2, -0.15) is 0 Å². The maximum absolute atomic E-state index is 12.4. The van der Waals surface area contributed by atoms with Gasteiger partial charge in [-0.05, 0) is 59.0 Å². The van der Waals surface area contributed by atoms with Crippen LogP contribution in [0.25, 0.3) is 22.6 Å². The first-order chi connectivity index (χ1) is 14.1. The van der Waals surface area contributed by atoms with Gasteiger partial charge >= 0.3 is 0 Å². The smallest absolute Gasteiger partial charge is 0.225 e. The number of ketones is 1. The molecular formula is C25H20BrNO2. The number of oxazole rings is 1. The van der Waals surface area contributed by atoms with Crippen LogP contribution >= 0.6 is 15.9 Å². The molecule has 0 fully saturated rings. The standard InChI is InChI=1S/C25H20BrNO2/c1-17-5-8-21(25-27-11-12-29-25)16-24(17)20-9-6-18(7-10-20)14-23(28)15-19-3-2-4-22(26)13-19/h2-13,16H,14-15H2,1H3. The molecule has 0 atom stereocenters. The SMILES string of the molecule is Cc1ccc(-c2ncco2)cc1-c1ccc(CC(=O)Cc2cccc(Br)c2)cc1. The number of aromatic nitrogens is 1. The van der Waals surface area contributed by atoms with Crippen LogP contribution in [-0.4, -0.2) is 10.8 Å². The second-order valence-electron chi connectivity index (χ2n) is 7.09. The van der Waals surface area contributed by atoms with Gasteiger partial charge in [0.25, 0.3) is 0 Å². The van der Waals surface area contributed by atoms with Gasteiger partial charge in [-0.15, -0.1) is 0 Å². The maximum atomic E-state index is 12.4. The maximum Gasteiger partial charge on any atom is 0.225 e. The average molecular weight is 446 g/mol. The Morgan fingerprint density at radius 3 is 2.41 bits per heavy atom. The lowest BCUT2D eigenvalue weighted by molar-refractivity contribution is -0.117. The number of halogens is 1. The molecule has 4 rings (SSSR count). The van der Waals surface area contributed by atoms with E-state index in [0.29, 0.717) is 18.7 Å². The first-order valence-corrected chi connectivity index (χ1v) is 10.2. The summed E-state index contributed by atoms with van der Waals surface area (Å²) < 4.78 is 6.41. The molecule has 0 unspecified atom stereocenters. The van der Waals surface area contributed by atoms with E-state index in [9.17, 15) is 4.79 Å². The Morgan fingerprint density at radius 1 is 0.931 bits per heavy atom. The van der Waals surface area contributed by atoms with Crippen molar-refractivity contribution in [3.8, 4) is 22.6 Å². The molecule has 0 saturated carbocycles. The van der Waals surface area contributed by atoms with Crippen molar-refractivity contribution in [2.45, 2.75) is 19.8 Å². The highest BCUT2D eigenvalue weighted by molar-refractivity contribution is 9.10. The summed E-state index contributed by atoms with van der Waals surface area (Å²) in [5, 5.41) is 0. The van der Waals surface area contributed by atoms with E-state index in [2.05, 4.69) is 52.1 Å². The van der Waals surface area contributed by atoms with Gasteiger partial charge in [-0.25, -0.2) is 4.98 Å². The number of aryl methyl sites for hydroxylation is 1. The number of nitrogens with zero attached hydrogens (tertiary/aromatic N) is 1. The van der Waals surface area contributed by atoms with Crippen molar-refractivity contribution in [2.75, 3.05) is 0 Å². The van der Waals surface area contributed by atoms with Crippen molar-refractivity contribution in [3.63, 3.8) is 0 Å². The number of carbonyl (C=O) groups is 1. The van der Waals surface area contributed by atoms with E-state index < -0.39 is 0 Å². The Morgan fingerprint density at radius 2 is 1.69 bits per heavy atom. The molecule has 29 heavy (non-hydrogen) atoms. The second kappa shape index (κ2) is 8.58. The normalized spacial score (nSPS) is 10.8. The summed E-state index contributed by atoms with van der Waals surface area (Å²) in [5.41, 5.74) is 6.42. The van der Waals surface area contributed by atoms with E-state index >= 15 is 0 Å². The number of Topliss-reactive ketones (excluding diaryl/α,β-unsaturated/α-hetero) is 1. The summed E-state index contributed by atoms with van der Waals surface area (Å²) in [4.78, 5) is 16.7. The van der Waals surface area contributed by atoms with E-state index in [1.165, 1.54) is 5.56 Å². The van der Waals surface area contributed by atoms with Crippen molar-refractivity contribution >= 4 is 21.7 Å². The van der Waals surface area contributed by atoms with Gasteiger partial charge in [-0.3, -0.25) is 4.79 Å². The first kappa shape index (κ1) is 19.3. The topological polar surface area (TPSA) is 43.1 Å². The molecule has 0 aliphatic heterocycles. The molecule has 4 heteroatoms. The Labute approximate surface area is 178 Å². The molecule has 3 aromatic carbocycles. The van der Waals surface area contributed by atoms with Crippen molar-refractivity contribution in [1.29, 1.82) is 0 Å². The van der Waals surface area contributed by atoms with Crippen LogP contribution in [-0.2, 0) is 17.6 Å². The van der Waals surface area contributed by atoms with Gasteiger partial charge < -0.3 is 4.42 Å². The largest absolute Gasteiger partial charge is 0.445 e. The highest BCUT2D eigenvalue weighted by Gasteiger charge is 2.10. The van der Waals surface area contributed by atoms with E-state index in [4.69, 9.17) is 4.42 Å². The molecule has 1 aromatic heterocycles. The number of hydrogen-bond donors (Lipinski definition) is 0. The molecule has 0 amide bonds. The second-order valence-corrected chi connectivity index (χ2v) is 8.00.